The highest BCUT2D eigenvalue weighted by atomic mass is 16.5. The van der Waals surface area contributed by atoms with Gasteiger partial charge in [0.1, 0.15) is 23.8 Å². The molecule has 1 fully saturated rings. The molecule has 6 nitrogen and oxygen atoms in total. The van der Waals surface area contributed by atoms with Crippen LogP contribution in [0.15, 0.2) is 67.0 Å². The third-order valence-electron chi connectivity index (χ3n) is 6.09. The minimum absolute atomic E-state index is 0.223. The van der Waals surface area contributed by atoms with Crippen LogP contribution < -0.4 is 4.74 Å². The van der Waals surface area contributed by atoms with Gasteiger partial charge in [0, 0.05) is 38.6 Å². The van der Waals surface area contributed by atoms with E-state index in [0.29, 0.717) is 12.4 Å². The molecule has 2 N–H and O–H groups in total. The maximum atomic E-state index is 9.75. The summed E-state index contributed by atoms with van der Waals surface area (Å²) in [6.07, 6.45) is 9.41. The zero-order valence-electron chi connectivity index (χ0n) is 19.2. The Bertz CT molecular complexity index is 1020. The van der Waals surface area contributed by atoms with E-state index in [-0.39, 0.29) is 12.7 Å². The molecule has 1 aromatic heterocycles. The average molecular weight is 448 g/mol. The molecule has 1 saturated heterocycles. The molecule has 0 bridgehead atoms. The predicted octanol–water partition coefficient (Wildman–Crippen LogP) is 4.15. The van der Waals surface area contributed by atoms with Crippen molar-refractivity contribution in [2.75, 3.05) is 26.2 Å². The minimum Gasteiger partial charge on any atom is -0.490 e. The standard InChI is InChI=1S/C27H33N3O3/c1-21(32)27-28-14-18-30(27)15-2-3-22-4-6-23(7-5-22)24-8-10-25(11-9-24)33-26-12-16-29(17-13-26)19-20-31/h2-11,14,18,21,26,31-32H,12-13,15-17,19-20H2,1H3. The number of rotatable bonds is 9. The van der Waals surface area contributed by atoms with Crippen LogP contribution in [0.5, 0.6) is 5.75 Å². The van der Waals surface area contributed by atoms with Crippen LogP contribution in [0, 0.1) is 0 Å². The number of allylic oxidation sites excluding steroid dienone is 1. The number of hydrogen-bond acceptors (Lipinski definition) is 5. The second-order valence-corrected chi connectivity index (χ2v) is 8.54. The van der Waals surface area contributed by atoms with Gasteiger partial charge in [-0.2, -0.15) is 0 Å². The number of β-amino-alcohol motifs (C(OH)–C–C–N with tert-alkyl or cyclic N) is 1. The molecule has 0 amide bonds. The van der Waals surface area contributed by atoms with Crippen LogP contribution in [0.1, 0.15) is 37.3 Å². The first-order valence-electron chi connectivity index (χ1n) is 11.7. The van der Waals surface area contributed by atoms with Crippen molar-refractivity contribution in [3.05, 3.63) is 78.4 Å². The first-order chi connectivity index (χ1) is 16.1. The summed E-state index contributed by atoms with van der Waals surface area (Å²) >= 11 is 0. The van der Waals surface area contributed by atoms with Crippen molar-refractivity contribution >= 4 is 6.08 Å². The van der Waals surface area contributed by atoms with E-state index >= 15 is 0 Å². The summed E-state index contributed by atoms with van der Waals surface area (Å²) in [6.45, 7) is 5.33. The van der Waals surface area contributed by atoms with Gasteiger partial charge in [-0.3, -0.25) is 0 Å². The van der Waals surface area contributed by atoms with Gasteiger partial charge in [0.2, 0.25) is 0 Å². The van der Waals surface area contributed by atoms with Crippen LogP contribution in [-0.4, -0.2) is 57.0 Å². The lowest BCUT2D eigenvalue weighted by molar-refractivity contribution is 0.0889. The Balaban J connectivity index is 1.30. The number of aliphatic hydroxyl groups is 2. The fourth-order valence-electron chi connectivity index (χ4n) is 4.24. The van der Waals surface area contributed by atoms with Gasteiger partial charge in [0.05, 0.1) is 6.61 Å². The maximum absolute atomic E-state index is 9.75. The number of nitrogens with zero attached hydrogens (tertiary/aromatic N) is 3. The van der Waals surface area contributed by atoms with E-state index < -0.39 is 6.10 Å². The average Bonchev–Trinajstić information content (AvgIpc) is 3.31. The Hall–Kier alpha value is -2.93. The number of aromatic nitrogens is 2. The Morgan fingerprint density at radius 2 is 1.73 bits per heavy atom. The lowest BCUT2D eigenvalue weighted by Gasteiger charge is -2.31. The summed E-state index contributed by atoms with van der Waals surface area (Å²) in [5.41, 5.74) is 3.46. The van der Waals surface area contributed by atoms with Crippen LogP contribution in [0.4, 0.5) is 0 Å². The summed E-state index contributed by atoms with van der Waals surface area (Å²) in [4.78, 5) is 6.48. The molecule has 1 aliphatic rings. The van der Waals surface area contributed by atoms with E-state index in [0.717, 1.165) is 49.4 Å². The molecule has 1 unspecified atom stereocenters. The van der Waals surface area contributed by atoms with Gasteiger partial charge in [-0.1, -0.05) is 48.6 Å². The zero-order chi connectivity index (χ0) is 23.0. The zero-order valence-corrected chi connectivity index (χ0v) is 19.2. The van der Waals surface area contributed by atoms with Gasteiger partial charge < -0.3 is 24.4 Å². The molecular weight excluding hydrogens is 414 g/mol. The Labute approximate surface area is 195 Å². The molecule has 1 aliphatic heterocycles. The first kappa shape index (κ1) is 23.2. The van der Waals surface area contributed by atoms with E-state index in [1.54, 1.807) is 13.1 Å². The lowest BCUT2D eigenvalue weighted by atomic mass is 10.0. The van der Waals surface area contributed by atoms with Gasteiger partial charge in [0.15, 0.2) is 0 Å². The fourth-order valence-corrected chi connectivity index (χ4v) is 4.24. The first-order valence-corrected chi connectivity index (χ1v) is 11.7. The third kappa shape index (κ3) is 6.32. The van der Waals surface area contributed by atoms with Crippen LogP contribution in [-0.2, 0) is 6.54 Å². The van der Waals surface area contributed by atoms with Crippen LogP contribution in [0.25, 0.3) is 17.2 Å². The lowest BCUT2D eigenvalue weighted by Crippen LogP contribution is -2.39. The van der Waals surface area contributed by atoms with Crippen molar-refractivity contribution < 1.29 is 14.9 Å². The monoisotopic (exact) mass is 447 g/mol. The topological polar surface area (TPSA) is 70.8 Å². The van der Waals surface area contributed by atoms with E-state index in [1.807, 2.05) is 22.9 Å². The summed E-state index contributed by atoms with van der Waals surface area (Å²) in [7, 11) is 0. The quantitative estimate of drug-likeness (QED) is 0.516. The maximum Gasteiger partial charge on any atom is 0.137 e. The van der Waals surface area contributed by atoms with Gasteiger partial charge >= 0.3 is 0 Å². The molecule has 0 aliphatic carbocycles. The number of aliphatic hydroxyl groups excluding tert-OH is 2. The van der Waals surface area contributed by atoms with Gasteiger partial charge in [-0.15, -0.1) is 0 Å². The largest absolute Gasteiger partial charge is 0.490 e. The highest BCUT2D eigenvalue weighted by Gasteiger charge is 2.20. The van der Waals surface area contributed by atoms with Crippen LogP contribution in [0.3, 0.4) is 0 Å². The molecule has 4 rings (SSSR count). The molecule has 1 atom stereocenters. The Kier molecular flexibility index (Phi) is 7.94. The highest BCUT2D eigenvalue weighted by molar-refractivity contribution is 5.66. The smallest absolute Gasteiger partial charge is 0.137 e. The van der Waals surface area contributed by atoms with Crippen LogP contribution >= 0.6 is 0 Å². The van der Waals surface area contributed by atoms with Crippen molar-refractivity contribution in [1.82, 2.24) is 14.5 Å². The SMILES string of the molecule is CC(O)c1nccn1CC=Cc1ccc(-c2ccc(OC3CCN(CCO)CC3)cc2)cc1. The van der Waals surface area contributed by atoms with Crippen molar-refractivity contribution in [3.8, 4) is 16.9 Å². The number of imidazole rings is 1. The van der Waals surface area contributed by atoms with Gasteiger partial charge in [-0.05, 0) is 48.6 Å². The predicted molar refractivity (Wildman–Crippen MR) is 131 cm³/mol. The normalized spacial score (nSPS) is 16.3. The number of likely N-dealkylation sites (tertiary alicyclic amines) is 1. The summed E-state index contributed by atoms with van der Waals surface area (Å²) in [5, 5.41) is 18.8. The Morgan fingerprint density at radius 1 is 1.06 bits per heavy atom. The highest BCUT2D eigenvalue weighted by Crippen LogP contribution is 2.25. The van der Waals surface area contributed by atoms with Gasteiger partial charge in [0.25, 0.3) is 0 Å². The number of ether oxygens (including phenoxy) is 1. The molecule has 0 radical (unpaired) electrons. The van der Waals surface area contributed by atoms with Crippen molar-refractivity contribution in [2.45, 2.75) is 38.5 Å². The molecule has 0 saturated carbocycles. The molecule has 2 aromatic carbocycles. The van der Waals surface area contributed by atoms with E-state index in [1.165, 1.54) is 5.56 Å². The van der Waals surface area contributed by atoms with Crippen molar-refractivity contribution in [3.63, 3.8) is 0 Å². The third-order valence-corrected chi connectivity index (χ3v) is 6.09. The Morgan fingerprint density at radius 3 is 2.36 bits per heavy atom. The molecule has 174 valence electrons. The second-order valence-electron chi connectivity index (χ2n) is 8.54. The minimum atomic E-state index is -0.575. The number of hydrogen-bond donors (Lipinski definition) is 2. The number of piperidine rings is 1. The van der Waals surface area contributed by atoms with E-state index in [2.05, 4.69) is 58.4 Å². The van der Waals surface area contributed by atoms with Crippen LogP contribution in [0.2, 0.25) is 0 Å². The summed E-state index contributed by atoms with van der Waals surface area (Å²) in [5.74, 6) is 1.59. The summed E-state index contributed by atoms with van der Waals surface area (Å²) in [6, 6.07) is 16.8. The molecule has 3 aromatic rings. The molecular formula is C27H33N3O3. The van der Waals surface area contributed by atoms with Crippen molar-refractivity contribution in [2.24, 2.45) is 0 Å². The molecule has 2 heterocycles. The summed E-state index contributed by atoms with van der Waals surface area (Å²) < 4.78 is 8.11. The number of benzene rings is 2. The van der Waals surface area contributed by atoms with E-state index in [9.17, 15) is 5.11 Å². The van der Waals surface area contributed by atoms with Crippen molar-refractivity contribution in [1.29, 1.82) is 0 Å². The molecule has 0 spiro atoms. The second kappa shape index (κ2) is 11.3. The molecule has 33 heavy (non-hydrogen) atoms. The molecule has 6 heteroatoms. The van der Waals surface area contributed by atoms with Gasteiger partial charge in [-0.25, -0.2) is 4.98 Å². The van der Waals surface area contributed by atoms with E-state index in [4.69, 9.17) is 9.84 Å². The fraction of sp³-hybridized carbons (Fsp3) is 0.370.